The van der Waals surface area contributed by atoms with Crippen LogP contribution in [-0.2, 0) is 39.6 Å². The molecule has 0 bridgehead atoms. The number of nitro groups is 1. The van der Waals surface area contributed by atoms with Crippen molar-refractivity contribution >= 4 is 56.4 Å². The molecule has 0 atom stereocenters. The van der Waals surface area contributed by atoms with E-state index in [-0.39, 0.29) is 23.3 Å². The maximum Gasteiger partial charge on any atom is 0.313 e. The number of nitro benzene ring substituents is 1. The van der Waals surface area contributed by atoms with Crippen LogP contribution in [0, 0.1) is 10.1 Å². The smallest absolute Gasteiger partial charge is 0.313 e. The summed E-state index contributed by atoms with van der Waals surface area (Å²) in [6.45, 7) is -0.572. The van der Waals surface area contributed by atoms with E-state index in [2.05, 4.69) is 4.98 Å². The van der Waals surface area contributed by atoms with Gasteiger partial charge in [0.25, 0.3) is 17.5 Å². The second kappa shape index (κ2) is 9.87. The Morgan fingerprint density at radius 3 is 2.17 bits per heavy atom. The number of carbonyl (C=O) groups excluding carboxylic acids is 3. The molecule has 0 spiro atoms. The average molecular weight is 550 g/mol. The van der Waals surface area contributed by atoms with Crippen molar-refractivity contribution in [2.24, 2.45) is 14.1 Å². The van der Waals surface area contributed by atoms with Gasteiger partial charge in [-0.1, -0.05) is 24.3 Å². The van der Waals surface area contributed by atoms with Gasteiger partial charge in [0.05, 0.1) is 33.7 Å². The molecule has 0 aliphatic carbocycles. The van der Waals surface area contributed by atoms with Gasteiger partial charge in [0.2, 0.25) is 0 Å². The number of nitrogens with zero attached hydrogens (tertiary/aromatic N) is 5. The van der Waals surface area contributed by atoms with Crippen LogP contribution >= 0.6 is 0 Å². The number of hydrogen-bond donors (Lipinski definition) is 0. The number of carbonyl (C=O) groups is 3. The van der Waals surface area contributed by atoms with Gasteiger partial charge >= 0.3 is 5.97 Å². The van der Waals surface area contributed by atoms with Crippen molar-refractivity contribution in [3.8, 4) is 0 Å². The van der Waals surface area contributed by atoms with Gasteiger partial charge in [-0.15, -0.1) is 0 Å². The van der Waals surface area contributed by atoms with Crippen LogP contribution in [0.5, 0.6) is 0 Å². The largest absolute Gasteiger partial charge is 0.443 e. The number of ether oxygens (including phenoxy) is 1. The van der Waals surface area contributed by atoms with E-state index in [4.69, 9.17) is 4.74 Å². The van der Waals surface area contributed by atoms with E-state index >= 15 is 0 Å². The molecule has 204 valence electrons. The number of rotatable bonds is 7. The van der Waals surface area contributed by atoms with Crippen molar-refractivity contribution in [1.29, 1.82) is 0 Å². The summed E-state index contributed by atoms with van der Waals surface area (Å²) < 4.78 is 8.91. The summed E-state index contributed by atoms with van der Waals surface area (Å²) in [6, 6.07) is 17.0. The second-order valence-corrected chi connectivity index (χ2v) is 9.71. The fourth-order valence-corrected chi connectivity index (χ4v) is 5.26. The highest BCUT2D eigenvalue weighted by Crippen LogP contribution is 2.42. The van der Waals surface area contributed by atoms with Gasteiger partial charge in [-0.3, -0.25) is 29.5 Å². The predicted octanol–water partition coefficient (Wildman–Crippen LogP) is 4.00. The number of para-hydroxylation sites is 1. The molecule has 0 saturated carbocycles. The Kier molecular flexibility index (Phi) is 6.18. The fourth-order valence-electron chi connectivity index (χ4n) is 5.26. The molecule has 0 unspecified atom stereocenters. The first-order valence-corrected chi connectivity index (χ1v) is 12.7. The molecule has 1 aliphatic heterocycles. The third-order valence-electron chi connectivity index (χ3n) is 7.19. The van der Waals surface area contributed by atoms with Crippen LogP contribution in [-0.4, -0.2) is 48.5 Å². The van der Waals surface area contributed by atoms with Gasteiger partial charge in [0.1, 0.15) is 0 Å². The molecular formula is C30H23N5O6. The molecule has 41 heavy (non-hydrogen) atoms. The Hall–Kier alpha value is -5.58. The molecule has 5 aromatic rings. The zero-order valence-electron chi connectivity index (χ0n) is 22.1. The normalized spacial score (nSPS) is 13.6. The lowest BCUT2D eigenvalue weighted by atomic mass is 9.95. The van der Waals surface area contributed by atoms with Crippen molar-refractivity contribution in [3.63, 3.8) is 0 Å². The lowest BCUT2D eigenvalue weighted by Crippen LogP contribution is -2.35. The standard InChI is InChI=1S/C30H23N5O6/c1-32-15-22(20-8-3-4-9-24(20)32)27-28(23-16-33(2)25-14-19(35(39)40)10-11-21(23)25)30(38)34(29(27)37)17-41-26(36)13-18-7-5-6-12-31-18/h3-12,14-16H,13,17H2,1-2H3. The summed E-state index contributed by atoms with van der Waals surface area (Å²) in [7, 11) is 3.56. The molecule has 0 fully saturated rings. The topological polar surface area (TPSA) is 130 Å². The number of fused-ring (bicyclic) bond motifs is 2. The van der Waals surface area contributed by atoms with E-state index < -0.39 is 29.4 Å². The van der Waals surface area contributed by atoms with Gasteiger partial charge in [-0.2, -0.15) is 0 Å². The van der Waals surface area contributed by atoms with Gasteiger partial charge in [-0.05, 0) is 24.3 Å². The minimum Gasteiger partial charge on any atom is -0.443 e. The number of amides is 2. The van der Waals surface area contributed by atoms with Gasteiger partial charge in [0, 0.05) is 72.2 Å². The van der Waals surface area contributed by atoms with Gasteiger partial charge in [0.15, 0.2) is 6.73 Å². The molecule has 0 saturated heterocycles. The minimum absolute atomic E-state index is 0.0937. The summed E-state index contributed by atoms with van der Waals surface area (Å²) in [5.74, 6) is -1.87. The zero-order chi connectivity index (χ0) is 28.8. The third-order valence-corrected chi connectivity index (χ3v) is 7.19. The number of aryl methyl sites for hydroxylation is 2. The van der Waals surface area contributed by atoms with E-state index in [1.807, 2.05) is 35.9 Å². The van der Waals surface area contributed by atoms with Crippen LogP contribution in [0.4, 0.5) is 5.69 Å². The van der Waals surface area contributed by atoms with Crippen LogP contribution in [0.25, 0.3) is 33.0 Å². The zero-order valence-corrected chi connectivity index (χ0v) is 22.1. The molecule has 0 N–H and O–H groups in total. The summed E-state index contributed by atoms with van der Waals surface area (Å²) in [6.07, 6.45) is 4.91. The van der Waals surface area contributed by atoms with Crippen molar-refractivity contribution < 1.29 is 24.0 Å². The maximum atomic E-state index is 14.0. The Morgan fingerprint density at radius 2 is 1.51 bits per heavy atom. The molecule has 2 aromatic carbocycles. The van der Waals surface area contributed by atoms with Crippen molar-refractivity contribution in [2.75, 3.05) is 6.73 Å². The van der Waals surface area contributed by atoms with Gasteiger partial charge in [-0.25, -0.2) is 4.90 Å². The number of hydrogen-bond acceptors (Lipinski definition) is 7. The maximum absolute atomic E-state index is 14.0. The number of pyridine rings is 1. The average Bonchev–Trinajstić information content (AvgIpc) is 3.56. The third kappa shape index (κ3) is 4.33. The molecule has 1 aliphatic rings. The second-order valence-electron chi connectivity index (χ2n) is 9.71. The summed E-state index contributed by atoms with van der Waals surface area (Å²) in [5, 5.41) is 12.7. The number of non-ortho nitro benzene ring substituents is 1. The van der Waals surface area contributed by atoms with E-state index in [9.17, 15) is 24.5 Å². The van der Waals surface area contributed by atoms with E-state index in [1.54, 1.807) is 54.5 Å². The highest BCUT2D eigenvalue weighted by Gasteiger charge is 2.42. The summed E-state index contributed by atoms with van der Waals surface area (Å²) >= 11 is 0. The monoisotopic (exact) mass is 549 g/mol. The molecule has 2 amide bonds. The van der Waals surface area contributed by atoms with Gasteiger partial charge < -0.3 is 13.9 Å². The number of aromatic nitrogens is 3. The predicted molar refractivity (Wildman–Crippen MR) is 150 cm³/mol. The van der Waals surface area contributed by atoms with Crippen LogP contribution in [0.2, 0.25) is 0 Å². The Morgan fingerprint density at radius 1 is 0.878 bits per heavy atom. The van der Waals surface area contributed by atoms with Crippen molar-refractivity contribution in [1.82, 2.24) is 19.0 Å². The lowest BCUT2D eigenvalue weighted by molar-refractivity contribution is -0.384. The first-order valence-electron chi connectivity index (χ1n) is 12.7. The molecule has 0 radical (unpaired) electrons. The highest BCUT2D eigenvalue weighted by atomic mass is 16.6. The molecular weight excluding hydrogens is 526 g/mol. The van der Waals surface area contributed by atoms with Crippen LogP contribution in [0.15, 0.2) is 79.3 Å². The minimum atomic E-state index is -0.637. The van der Waals surface area contributed by atoms with E-state index in [0.717, 1.165) is 15.8 Å². The molecule has 6 rings (SSSR count). The number of esters is 1. The number of imide groups is 1. The first kappa shape index (κ1) is 25.7. The molecule has 4 heterocycles. The quantitative estimate of drug-likeness (QED) is 0.130. The van der Waals surface area contributed by atoms with E-state index in [1.165, 1.54) is 12.1 Å². The Labute approximate surface area is 233 Å². The Bertz CT molecular complexity index is 1940. The number of benzene rings is 2. The lowest BCUT2D eigenvalue weighted by Gasteiger charge is -2.15. The molecule has 11 heteroatoms. The van der Waals surface area contributed by atoms with Crippen LogP contribution in [0.1, 0.15) is 16.8 Å². The fraction of sp³-hybridized carbons (Fsp3) is 0.133. The summed E-state index contributed by atoms with van der Waals surface area (Å²) in [5.41, 5.74) is 3.09. The van der Waals surface area contributed by atoms with Crippen molar-refractivity contribution in [3.05, 3.63) is 106 Å². The van der Waals surface area contributed by atoms with Crippen molar-refractivity contribution in [2.45, 2.75) is 6.42 Å². The molecule has 3 aromatic heterocycles. The SMILES string of the molecule is Cn1cc(C2=C(c3cn(C)c4cc([N+](=O)[O-])ccc34)C(=O)N(COC(=O)Cc3ccccn3)C2=O)c2ccccc21. The highest BCUT2D eigenvalue weighted by molar-refractivity contribution is 6.50. The van der Waals surface area contributed by atoms with Crippen LogP contribution in [0.3, 0.4) is 0 Å². The first-order chi connectivity index (χ1) is 19.7. The van der Waals surface area contributed by atoms with E-state index in [0.29, 0.717) is 27.7 Å². The summed E-state index contributed by atoms with van der Waals surface area (Å²) in [4.78, 5) is 56.4. The van der Waals surface area contributed by atoms with Crippen LogP contribution < -0.4 is 0 Å². The molecule has 11 nitrogen and oxygen atoms in total. The Balaban J connectivity index is 1.45.